The first-order chi connectivity index (χ1) is 16.9. The highest BCUT2D eigenvalue weighted by molar-refractivity contribution is 6.15. The molecule has 7 nitrogen and oxygen atoms in total. The molecule has 3 aromatic rings. The van der Waals surface area contributed by atoms with Gasteiger partial charge in [0.2, 0.25) is 0 Å². The van der Waals surface area contributed by atoms with E-state index in [0.29, 0.717) is 46.1 Å². The molecule has 0 unspecified atom stereocenters. The molecule has 2 amide bonds. The van der Waals surface area contributed by atoms with E-state index in [9.17, 15) is 14.7 Å². The summed E-state index contributed by atoms with van der Waals surface area (Å²) in [6, 6.07) is 19.5. The summed E-state index contributed by atoms with van der Waals surface area (Å²) in [5.41, 5.74) is 0.672. The number of carbonyl (C=O) groups is 2. The van der Waals surface area contributed by atoms with Crippen LogP contribution in [0.2, 0.25) is 0 Å². The first-order valence-electron chi connectivity index (χ1n) is 11.5. The van der Waals surface area contributed by atoms with E-state index in [1.807, 2.05) is 18.2 Å². The summed E-state index contributed by atoms with van der Waals surface area (Å²) in [4.78, 5) is 30.0. The largest absolute Gasteiger partial charge is 0.454 e. The lowest BCUT2D eigenvalue weighted by Gasteiger charge is -2.28. The highest BCUT2D eigenvalue weighted by atomic mass is 16.5. The van der Waals surface area contributed by atoms with Crippen molar-refractivity contribution in [2.75, 3.05) is 23.5 Å². The van der Waals surface area contributed by atoms with Crippen molar-refractivity contribution in [1.29, 1.82) is 0 Å². The quantitative estimate of drug-likeness (QED) is 0.536. The molecule has 2 heterocycles. The molecule has 7 heteroatoms. The van der Waals surface area contributed by atoms with E-state index in [1.165, 1.54) is 4.90 Å². The second-order valence-electron chi connectivity index (χ2n) is 8.77. The van der Waals surface area contributed by atoms with Gasteiger partial charge in [-0.05, 0) is 48.9 Å². The Bertz CT molecular complexity index is 1350. The van der Waals surface area contributed by atoms with Crippen molar-refractivity contribution >= 4 is 28.9 Å². The number of rotatable bonds is 5. The monoisotopic (exact) mass is 470 g/mol. The molecule has 0 fully saturated rings. The first kappa shape index (κ1) is 22.8. The Morgan fingerprint density at radius 3 is 2.49 bits per heavy atom. The van der Waals surface area contributed by atoms with E-state index < -0.39 is 17.4 Å². The van der Waals surface area contributed by atoms with E-state index >= 15 is 0 Å². The maximum atomic E-state index is 13.8. The Labute approximate surface area is 203 Å². The van der Waals surface area contributed by atoms with Gasteiger partial charge in [0.05, 0.1) is 16.9 Å². The van der Waals surface area contributed by atoms with Crippen LogP contribution in [-0.4, -0.2) is 35.7 Å². The zero-order chi connectivity index (χ0) is 24.7. The minimum atomic E-state index is -1.81. The van der Waals surface area contributed by atoms with Gasteiger partial charge < -0.3 is 19.8 Å². The maximum Gasteiger partial charge on any atom is 0.266 e. The van der Waals surface area contributed by atoms with E-state index in [0.717, 1.165) is 0 Å². The Morgan fingerprint density at radius 2 is 1.71 bits per heavy atom. The molecule has 0 spiro atoms. The van der Waals surface area contributed by atoms with E-state index in [1.54, 1.807) is 79.6 Å². The molecule has 5 rings (SSSR count). The van der Waals surface area contributed by atoms with Gasteiger partial charge >= 0.3 is 0 Å². The number of anilines is 3. The lowest BCUT2D eigenvalue weighted by Crippen LogP contribution is -2.43. The molecule has 0 bridgehead atoms. The maximum absolute atomic E-state index is 13.8. The van der Waals surface area contributed by atoms with Gasteiger partial charge in [-0.3, -0.25) is 14.5 Å². The molecule has 3 aromatic carbocycles. The fourth-order valence-corrected chi connectivity index (χ4v) is 4.76. The third-order valence-corrected chi connectivity index (χ3v) is 6.67. The fourth-order valence-electron chi connectivity index (χ4n) is 4.76. The van der Waals surface area contributed by atoms with Crippen molar-refractivity contribution in [1.82, 2.24) is 0 Å². The highest BCUT2D eigenvalue weighted by Gasteiger charge is 2.51. The molecule has 2 aliphatic rings. The Hall–Kier alpha value is -3.94. The molecule has 0 saturated heterocycles. The van der Waals surface area contributed by atoms with Crippen LogP contribution in [0.25, 0.3) is 0 Å². The second kappa shape index (κ2) is 8.69. The molecule has 0 aromatic heterocycles. The Kier molecular flexibility index (Phi) is 5.67. The highest BCUT2D eigenvalue weighted by Crippen LogP contribution is 2.48. The number of para-hydroxylation sites is 3. The molecular weight excluding hydrogens is 444 g/mol. The lowest BCUT2D eigenvalue weighted by molar-refractivity contribution is -0.139. The van der Waals surface area contributed by atoms with Crippen molar-refractivity contribution < 1.29 is 24.5 Å². The Morgan fingerprint density at radius 1 is 1.00 bits per heavy atom. The molecule has 35 heavy (non-hydrogen) atoms. The predicted molar refractivity (Wildman–Crippen MR) is 133 cm³/mol. The van der Waals surface area contributed by atoms with Crippen molar-refractivity contribution in [3.05, 3.63) is 90.0 Å². The summed E-state index contributed by atoms with van der Waals surface area (Å²) in [5, 5.41) is 20.8. The average Bonchev–Trinajstić information content (AvgIpc) is 2.99. The van der Waals surface area contributed by atoms with Crippen LogP contribution in [0.3, 0.4) is 0 Å². The number of aliphatic hydroxyl groups excluding tert-OH is 1. The third kappa shape index (κ3) is 3.51. The SMILES string of the molecule is C[C@@H](/C=C/CCO)[C@]1(O)C(=O)N(C)c2ccc(N3C(=O)c4ccccc4Oc4ccccc43)cc21. The predicted octanol–water partition coefficient (Wildman–Crippen LogP) is 4.51. The number of nitrogens with zero attached hydrogens (tertiary/aromatic N) is 2. The summed E-state index contributed by atoms with van der Waals surface area (Å²) in [6.07, 6.45) is 3.91. The van der Waals surface area contributed by atoms with Crippen LogP contribution in [0.5, 0.6) is 11.5 Å². The number of aliphatic hydroxyl groups is 2. The molecule has 2 N–H and O–H groups in total. The smallest absolute Gasteiger partial charge is 0.266 e. The average molecular weight is 471 g/mol. The van der Waals surface area contributed by atoms with E-state index in [4.69, 9.17) is 9.84 Å². The Balaban J connectivity index is 1.67. The fraction of sp³-hybridized carbons (Fsp3) is 0.214. The normalized spacial score (nSPS) is 19.8. The van der Waals surface area contributed by atoms with Crippen LogP contribution in [0.4, 0.5) is 17.1 Å². The first-order valence-corrected chi connectivity index (χ1v) is 11.5. The van der Waals surface area contributed by atoms with Crippen LogP contribution in [0.15, 0.2) is 78.9 Å². The summed E-state index contributed by atoms with van der Waals surface area (Å²) in [5.74, 6) is -0.293. The number of carbonyl (C=O) groups excluding carboxylic acids is 2. The van der Waals surface area contributed by atoms with Gasteiger partial charge in [0.15, 0.2) is 11.4 Å². The van der Waals surface area contributed by atoms with E-state index in [2.05, 4.69) is 0 Å². The van der Waals surface area contributed by atoms with Crippen molar-refractivity contribution in [3.8, 4) is 11.5 Å². The molecule has 0 aliphatic carbocycles. The number of likely N-dealkylation sites (N-methyl/N-ethyl adjacent to an activating group) is 1. The van der Waals surface area contributed by atoms with Crippen molar-refractivity contribution in [3.63, 3.8) is 0 Å². The van der Waals surface area contributed by atoms with Gasteiger partial charge in [-0.1, -0.05) is 43.3 Å². The summed E-state index contributed by atoms with van der Waals surface area (Å²) in [7, 11) is 1.62. The van der Waals surface area contributed by atoms with Crippen molar-refractivity contribution in [2.24, 2.45) is 5.92 Å². The number of hydrogen-bond donors (Lipinski definition) is 2. The van der Waals surface area contributed by atoms with Crippen molar-refractivity contribution in [2.45, 2.75) is 18.9 Å². The van der Waals surface area contributed by atoms with Gasteiger partial charge in [0.25, 0.3) is 11.8 Å². The van der Waals surface area contributed by atoms with Crippen LogP contribution in [0, 0.1) is 5.92 Å². The molecule has 2 atom stereocenters. The number of ether oxygens (including phenoxy) is 1. The van der Waals surface area contributed by atoms with Crippen LogP contribution >= 0.6 is 0 Å². The number of fused-ring (bicyclic) bond motifs is 3. The van der Waals surface area contributed by atoms with Crippen LogP contribution in [0.1, 0.15) is 29.3 Å². The summed E-state index contributed by atoms with van der Waals surface area (Å²) < 4.78 is 6.08. The number of benzene rings is 3. The minimum Gasteiger partial charge on any atom is -0.454 e. The van der Waals surface area contributed by atoms with Gasteiger partial charge in [-0.15, -0.1) is 0 Å². The third-order valence-electron chi connectivity index (χ3n) is 6.67. The van der Waals surface area contributed by atoms with Crippen LogP contribution < -0.4 is 14.5 Å². The molecule has 2 aliphatic heterocycles. The molecular formula is C28H26N2O5. The van der Waals surface area contributed by atoms with E-state index in [-0.39, 0.29) is 12.5 Å². The number of hydrogen-bond acceptors (Lipinski definition) is 5. The standard InChI is InChI=1S/C28H26N2O5/c1-18(9-7-8-16-31)28(34)21-17-19(14-15-22(21)29(2)27(28)33)30-23-11-4-6-13-25(23)35-24-12-5-3-10-20(24)26(30)32/h3-7,9-15,17-18,31,34H,8,16H2,1-2H3/b9-7+/t18-,28+/m0/s1. The van der Waals surface area contributed by atoms with Gasteiger partial charge in [0, 0.05) is 30.8 Å². The zero-order valence-electron chi connectivity index (χ0n) is 19.5. The van der Waals surface area contributed by atoms with Gasteiger partial charge in [-0.2, -0.15) is 0 Å². The van der Waals surface area contributed by atoms with Gasteiger partial charge in [-0.25, -0.2) is 0 Å². The summed E-state index contributed by atoms with van der Waals surface area (Å²) in [6.45, 7) is 1.74. The van der Waals surface area contributed by atoms with Crippen LogP contribution in [-0.2, 0) is 10.4 Å². The second-order valence-corrected chi connectivity index (χ2v) is 8.77. The lowest BCUT2D eigenvalue weighted by atomic mass is 9.82. The minimum absolute atomic E-state index is 0.0176. The molecule has 0 radical (unpaired) electrons. The molecule has 178 valence electrons. The summed E-state index contributed by atoms with van der Waals surface area (Å²) >= 11 is 0. The molecule has 0 saturated carbocycles. The topological polar surface area (TPSA) is 90.3 Å². The zero-order valence-corrected chi connectivity index (χ0v) is 19.5. The number of amides is 2. The van der Waals surface area contributed by atoms with Gasteiger partial charge in [0.1, 0.15) is 5.75 Å².